The molecule has 2 aromatic carbocycles. The van der Waals surface area contributed by atoms with Gasteiger partial charge in [0, 0.05) is 6.42 Å². The number of benzene rings is 2. The Hall–Kier alpha value is -2.66. The summed E-state index contributed by atoms with van der Waals surface area (Å²) in [4.78, 5) is 24.3. The van der Waals surface area contributed by atoms with Gasteiger partial charge in [-0.1, -0.05) is 49.7 Å². The lowest BCUT2D eigenvalue weighted by Gasteiger charge is -2.16. The van der Waals surface area contributed by atoms with Crippen LogP contribution >= 0.6 is 0 Å². The van der Waals surface area contributed by atoms with Gasteiger partial charge in [0.25, 0.3) is 5.91 Å². The van der Waals surface area contributed by atoms with Crippen LogP contribution in [-0.2, 0) is 9.59 Å². The molecule has 0 spiro atoms. The second-order valence-corrected chi connectivity index (χ2v) is 6.00. The number of hydrogen-bond donors (Lipinski definition) is 3. The Bertz CT molecular complexity index is 729. The minimum atomic E-state index is -1.27. The molecule has 0 saturated heterocycles. The van der Waals surface area contributed by atoms with E-state index in [1.807, 2.05) is 26.0 Å². The smallest absolute Gasteiger partial charge is 0.257 e. The molecule has 25 heavy (non-hydrogen) atoms. The van der Waals surface area contributed by atoms with Gasteiger partial charge >= 0.3 is 0 Å². The number of nitrogens with one attached hydrogen (secondary N) is 2. The van der Waals surface area contributed by atoms with Crippen LogP contribution in [0.2, 0.25) is 0 Å². The summed E-state index contributed by atoms with van der Waals surface area (Å²) in [5, 5.41) is 15.7. The van der Waals surface area contributed by atoms with E-state index in [1.165, 1.54) is 0 Å². The fourth-order valence-electron chi connectivity index (χ4n) is 2.41. The van der Waals surface area contributed by atoms with Crippen molar-refractivity contribution in [1.29, 1.82) is 0 Å². The highest BCUT2D eigenvalue weighted by molar-refractivity contribution is 6.01. The molecule has 0 heterocycles. The summed E-state index contributed by atoms with van der Waals surface area (Å²) >= 11 is 0. The molecule has 0 bridgehead atoms. The number of rotatable bonds is 7. The Balaban J connectivity index is 2.13. The van der Waals surface area contributed by atoms with E-state index in [0.717, 1.165) is 18.4 Å². The zero-order valence-corrected chi connectivity index (χ0v) is 14.6. The number of aryl methyl sites for hydroxylation is 1. The molecule has 132 valence electrons. The van der Waals surface area contributed by atoms with E-state index < -0.39 is 12.0 Å². The van der Waals surface area contributed by atoms with Crippen LogP contribution < -0.4 is 10.6 Å². The van der Waals surface area contributed by atoms with Crippen molar-refractivity contribution in [1.82, 2.24) is 0 Å². The molecule has 3 N–H and O–H groups in total. The molecule has 5 nitrogen and oxygen atoms in total. The number of amides is 2. The fourth-order valence-corrected chi connectivity index (χ4v) is 2.41. The topological polar surface area (TPSA) is 78.4 Å². The molecular weight excluding hydrogens is 316 g/mol. The van der Waals surface area contributed by atoms with E-state index in [1.54, 1.807) is 36.4 Å². The van der Waals surface area contributed by atoms with Crippen LogP contribution in [0.25, 0.3) is 0 Å². The molecule has 0 aliphatic rings. The largest absolute Gasteiger partial charge is 0.378 e. The number of aliphatic hydroxyl groups excluding tert-OH is 1. The maximum Gasteiger partial charge on any atom is 0.257 e. The predicted octanol–water partition coefficient (Wildman–Crippen LogP) is 3.80. The lowest BCUT2D eigenvalue weighted by Crippen LogP contribution is -2.22. The Labute approximate surface area is 148 Å². The third-order valence-electron chi connectivity index (χ3n) is 3.83. The third-order valence-corrected chi connectivity index (χ3v) is 3.83. The van der Waals surface area contributed by atoms with Crippen molar-refractivity contribution in [2.75, 3.05) is 10.6 Å². The fraction of sp³-hybridized carbons (Fsp3) is 0.300. The summed E-state index contributed by atoms with van der Waals surface area (Å²) in [7, 11) is 0. The van der Waals surface area contributed by atoms with Crippen LogP contribution in [0.15, 0.2) is 48.5 Å². The summed E-state index contributed by atoms with van der Waals surface area (Å²) in [5.74, 6) is -0.634. The van der Waals surface area contributed by atoms with Gasteiger partial charge in [0.2, 0.25) is 5.91 Å². The van der Waals surface area contributed by atoms with Gasteiger partial charge in [-0.15, -0.1) is 0 Å². The summed E-state index contributed by atoms with van der Waals surface area (Å²) in [5.41, 5.74) is 2.46. The van der Waals surface area contributed by atoms with Crippen LogP contribution in [0.4, 0.5) is 11.4 Å². The maximum atomic E-state index is 12.4. The molecule has 5 heteroatoms. The average molecular weight is 340 g/mol. The first kappa shape index (κ1) is 18.7. The lowest BCUT2D eigenvalue weighted by atomic mass is 10.1. The first-order valence-electron chi connectivity index (χ1n) is 8.45. The molecule has 0 aliphatic carbocycles. The van der Waals surface area contributed by atoms with Crippen LogP contribution in [-0.4, -0.2) is 16.9 Å². The third kappa shape index (κ3) is 5.43. The van der Waals surface area contributed by atoms with Gasteiger partial charge in [-0.2, -0.15) is 0 Å². The van der Waals surface area contributed by atoms with Crippen LogP contribution in [0, 0.1) is 6.92 Å². The van der Waals surface area contributed by atoms with Gasteiger partial charge in [0.15, 0.2) is 6.10 Å². The van der Waals surface area contributed by atoms with E-state index >= 15 is 0 Å². The zero-order valence-electron chi connectivity index (χ0n) is 14.6. The lowest BCUT2D eigenvalue weighted by molar-refractivity contribution is -0.124. The molecule has 0 aliphatic heterocycles. The Morgan fingerprint density at radius 2 is 1.76 bits per heavy atom. The number of carbonyl (C=O) groups excluding carboxylic acids is 2. The van der Waals surface area contributed by atoms with Gasteiger partial charge in [-0.05, 0) is 36.6 Å². The molecule has 0 radical (unpaired) electrons. The number of aliphatic hydroxyl groups is 1. The van der Waals surface area contributed by atoms with Crippen LogP contribution in [0.1, 0.15) is 43.4 Å². The van der Waals surface area contributed by atoms with E-state index in [9.17, 15) is 14.7 Å². The highest BCUT2D eigenvalue weighted by Gasteiger charge is 2.18. The minimum Gasteiger partial charge on any atom is -0.378 e. The predicted molar refractivity (Wildman–Crippen MR) is 99.4 cm³/mol. The number of hydrogen-bond acceptors (Lipinski definition) is 3. The van der Waals surface area contributed by atoms with Gasteiger partial charge in [0.1, 0.15) is 0 Å². The second-order valence-electron chi connectivity index (χ2n) is 6.00. The van der Waals surface area contributed by atoms with Gasteiger partial charge in [-0.25, -0.2) is 0 Å². The van der Waals surface area contributed by atoms with Crippen molar-refractivity contribution in [2.45, 2.75) is 39.2 Å². The summed E-state index contributed by atoms with van der Waals surface area (Å²) < 4.78 is 0. The SMILES string of the molecule is CCCCC(=O)Nc1ccc(C)cc1NC(=O)[C@@H](O)c1ccccc1. The monoisotopic (exact) mass is 340 g/mol. The Morgan fingerprint density at radius 3 is 2.44 bits per heavy atom. The highest BCUT2D eigenvalue weighted by Crippen LogP contribution is 2.25. The van der Waals surface area contributed by atoms with Crippen LogP contribution in [0.3, 0.4) is 0 Å². The molecule has 0 unspecified atom stereocenters. The number of anilines is 2. The molecule has 2 rings (SSSR count). The van der Waals surface area contributed by atoms with Crippen molar-refractivity contribution in [3.05, 3.63) is 59.7 Å². The van der Waals surface area contributed by atoms with E-state index in [4.69, 9.17) is 0 Å². The first-order valence-corrected chi connectivity index (χ1v) is 8.45. The molecule has 1 atom stereocenters. The molecule has 2 aromatic rings. The van der Waals surface area contributed by atoms with Crippen molar-refractivity contribution >= 4 is 23.2 Å². The van der Waals surface area contributed by atoms with E-state index in [-0.39, 0.29) is 5.91 Å². The quantitative estimate of drug-likeness (QED) is 0.717. The van der Waals surface area contributed by atoms with Crippen molar-refractivity contribution < 1.29 is 14.7 Å². The van der Waals surface area contributed by atoms with Crippen LogP contribution in [0.5, 0.6) is 0 Å². The second kappa shape index (κ2) is 8.99. The van der Waals surface area contributed by atoms with Gasteiger partial charge in [-0.3, -0.25) is 9.59 Å². The number of unbranched alkanes of at least 4 members (excludes halogenated alkanes) is 1. The van der Waals surface area contributed by atoms with Crippen molar-refractivity contribution in [3.8, 4) is 0 Å². The first-order chi connectivity index (χ1) is 12.0. The standard InChI is InChI=1S/C20H24N2O3/c1-3-4-10-18(23)21-16-12-11-14(2)13-17(16)22-20(25)19(24)15-8-6-5-7-9-15/h5-9,11-13,19,24H,3-4,10H2,1-2H3,(H,21,23)(H,22,25)/t19-/m0/s1. The zero-order chi connectivity index (χ0) is 18.2. The maximum absolute atomic E-state index is 12.4. The Morgan fingerprint density at radius 1 is 1.04 bits per heavy atom. The minimum absolute atomic E-state index is 0.0928. The highest BCUT2D eigenvalue weighted by atomic mass is 16.3. The molecule has 0 fully saturated rings. The van der Waals surface area contributed by atoms with Gasteiger partial charge < -0.3 is 15.7 Å². The molecule has 0 aromatic heterocycles. The summed E-state index contributed by atoms with van der Waals surface area (Å²) in [6.45, 7) is 3.92. The summed E-state index contributed by atoms with van der Waals surface area (Å²) in [6, 6.07) is 14.1. The summed E-state index contributed by atoms with van der Waals surface area (Å²) in [6.07, 6.45) is 0.912. The normalized spacial score (nSPS) is 11.6. The van der Waals surface area contributed by atoms with E-state index in [2.05, 4.69) is 10.6 Å². The molecule has 2 amide bonds. The van der Waals surface area contributed by atoms with Gasteiger partial charge in [0.05, 0.1) is 11.4 Å². The van der Waals surface area contributed by atoms with Crippen molar-refractivity contribution in [2.24, 2.45) is 0 Å². The number of carbonyl (C=O) groups is 2. The molecule has 0 saturated carbocycles. The molecular formula is C20H24N2O3. The Kier molecular flexibility index (Phi) is 6.71. The van der Waals surface area contributed by atoms with Crippen molar-refractivity contribution in [3.63, 3.8) is 0 Å². The average Bonchev–Trinajstić information content (AvgIpc) is 2.62. The van der Waals surface area contributed by atoms with E-state index in [0.29, 0.717) is 23.4 Å².